The van der Waals surface area contributed by atoms with Crippen molar-refractivity contribution in [2.75, 3.05) is 27.3 Å². The Morgan fingerprint density at radius 1 is 1.17 bits per heavy atom. The number of amides is 1. The van der Waals surface area contributed by atoms with Crippen LogP contribution < -0.4 is 9.47 Å². The molecular weight excluding hydrogens is 309 g/mol. The van der Waals surface area contributed by atoms with Gasteiger partial charge in [0.25, 0.3) is 5.91 Å². The number of benzene rings is 2. The number of hydrogen-bond donors (Lipinski definition) is 0. The Kier molecular flexibility index (Phi) is 4.69. The lowest BCUT2D eigenvalue weighted by atomic mass is 9.97. The van der Waals surface area contributed by atoms with Crippen molar-refractivity contribution in [1.29, 1.82) is 0 Å². The first-order valence-corrected chi connectivity index (χ1v) is 7.89. The molecule has 1 amide bonds. The zero-order valence-corrected chi connectivity index (χ0v) is 13.8. The van der Waals surface area contributed by atoms with E-state index in [-0.39, 0.29) is 11.8 Å². The van der Waals surface area contributed by atoms with Crippen LogP contribution >= 0.6 is 0 Å². The van der Waals surface area contributed by atoms with Crippen molar-refractivity contribution in [1.82, 2.24) is 4.90 Å². The van der Waals surface area contributed by atoms with E-state index in [2.05, 4.69) is 0 Å². The second-order valence-electron chi connectivity index (χ2n) is 5.85. The number of carbonyl (C=O) groups excluding carboxylic acids is 1. The lowest BCUT2D eigenvalue weighted by Gasteiger charge is -2.18. The molecule has 1 fully saturated rings. The molecule has 1 saturated heterocycles. The Labute approximate surface area is 140 Å². The summed E-state index contributed by atoms with van der Waals surface area (Å²) in [6.45, 7) is 1.22. The van der Waals surface area contributed by atoms with Gasteiger partial charge in [-0.2, -0.15) is 0 Å². The van der Waals surface area contributed by atoms with E-state index < -0.39 is 5.82 Å². The number of carbonyl (C=O) groups is 1. The smallest absolute Gasteiger partial charge is 0.253 e. The van der Waals surface area contributed by atoms with Gasteiger partial charge >= 0.3 is 0 Å². The van der Waals surface area contributed by atoms with Crippen molar-refractivity contribution < 1.29 is 18.7 Å². The molecule has 0 unspecified atom stereocenters. The topological polar surface area (TPSA) is 38.8 Å². The monoisotopic (exact) mass is 329 g/mol. The molecule has 24 heavy (non-hydrogen) atoms. The van der Waals surface area contributed by atoms with Crippen LogP contribution in [0.1, 0.15) is 28.3 Å². The first kappa shape index (κ1) is 16.3. The fourth-order valence-corrected chi connectivity index (χ4v) is 3.16. The molecule has 3 rings (SSSR count). The fraction of sp³-hybridized carbons (Fsp3) is 0.316. The summed E-state index contributed by atoms with van der Waals surface area (Å²) in [4.78, 5) is 14.3. The standard InChI is InChI=1S/C19H20FNO3/c1-23-16-6-7-18(24-2)17(11-16)14-8-9-21(12-14)19(22)13-4-3-5-15(20)10-13/h3-7,10-11,14H,8-9,12H2,1-2H3/t14-/m0/s1. The van der Waals surface area contributed by atoms with Crippen molar-refractivity contribution in [3.63, 3.8) is 0 Å². The molecule has 0 saturated carbocycles. The van der Waals surface area contributed by atoms with E-state index in [9.17, 15) is 9.18 Å². The summed E-state index contributed by atoms with van der Waals surface area (Å²) in [5.74, 6) is 1.19. The van der Waals surface area contributed by atoms with Crippen molar-refractivity contribution in [3.05, 3.63) is 59.4 Å². The maximum atomic E-state index is 13.3. The Hall–Kier alpha value is -2.56. The average Bonchev–Trinajstić information content (AvgIpc) is 3.10. The predicted molar refractivity (Wildman–Crippen MR) is 89.2 cm³/mol. The average molecular weight is 329 g/mol. The molecule has 0 N–H and O–H groups in total. The third kappa shape index (κ3) is 3.20. The van der Waals surface area contributed by atoms with Crippen LogP contribution in [0.2, 0.25) is 0 Å². The van der Waals surface area contributed by atoms with Crippen LogP contribution in [0.4, 0.5) is 4.39 Å². The van der Waals surface area contributed by atoms with E-state index in [1.165, 1.54) is 12.1 Å². The summed E-state index contributed by atoms with van der Waals surface area (Å²) in [5.41, 5.74) is 1.42. The fourth-order valence-electron chi connectivity index (χ4n) is 3.16. The molecule has 5 heteroatoms. The van der Waals surface area contributed by atoms with Gasteiger partial charge in [-0.1, -0.05) is 6.07 Å². The Morgan fingerprint density at radius 2 is 2.00 bits per heavy atom. The van der Waals surface area contributed by atoms with Gasteiger partial charge in [0, 0.05) is 30.1 Å². The summed E-state index contributed by atoms with van der Waals surface area (Å²) >= 11 is 0. The van der Waals surface area contributed by atoms with Gasteiger partial charge in [-0.3, -0.25) is 4.79 Å². The van der Waals surface area contributed by atoms with Crippen LogP contribution in [0.5, 0.6) is 11.5 Å². The Morgan fingerprint density at radius 3 is 2.71 bits per heavy atom. The van der Waals surface area contributed by atoms with Crippen LogP contribution in [0.3, 0.4) is 0 Å². The van der Waals surface area contributed by atoms with Crippen LogP contribution in [0, 0.1) is 5.82 Å². The molecular formula is C19H20FNO3. The lowest BCUT2D eigenvalue weighted by molar-refractivity contribution is 0.0790. The van der Waals surface area contributed by atoms with Crippen LogP contribution in [0.25, 0.3) is 0 Å². The van der Waals surface area contributed by atoms with E-state index >= 15 is 0 Å². The van der Waals surface area contributed by atoms with Crippen LogP contribution in [-0.2, 0) is 0 Å². The first-order chi connectivity index (χ1) is 11.6. The highest BCUT2D eigenvalue weighted by molar-refractivity contribution is 5.94. The molecule has 0 aromatic heterocycles. The lowest BCUT2D eigenvalue weighted by Crippen LogP contribution is -2.28. The van der Waals surface area contributed by atoms with Gasteiger partial charge in [-0.15, -0.1) is 0 Å². The normalized spacial score (nSPS) is 17.0. The van der Waals surface area contributed by atoms with E-state index in [0.29, 0.717) is 18.7 Å². The molecule has 1 aliphatic heterocycles. The van der Waals surface area contributed by atoms with E-state index in [4.69, 9.17) is 9.47 Å². The Bertz CT molecular complexity index is 747. The highest BCUT2D eigenvalue weighted by atomic mass is 19.1. The van der Waals surface area contributed by atoms with Gasteiger partial charge in [0.1, 0.15) is 17.3 Å². The Balaban J connectivity index is 1.79. The number of halogens is 1. The summed E-state index contributed by atoms with van der Waals surface area (Å²) in [6.07, 6.45) is 0.838. The maximum Gasteiger partial charge on any atom is 0.253 e. The largest absolute Gasteiger partial charge is 0.497 e. The second-order valence-corrected chi connectivity index (χ2v) is 5.85. The zero-order chi connectivity index (χ0) is 17.1. The van der Waals surface area contributed by atoms with Gasteiger partial charge < -0.3 is 14.4 Å². The van der Waals surface area contributed by atoms with Gasteiger partial charge in [0.05, 0.1) is 14.2 Å². The highest BCUT2D eigenvalue weighted by Crippen LogP contribution is 2.36. The predicted octanol–water partition coefficient (Wildman–Crippen LogP) is 3.47. The number of methoxy groups -OCH3 is 2. The van der Waals surface area contributed by atoms with Crippen LogP contribution in [0.15, 0.2) is 42.5 Å². The number of hydrogen-bond acceptors (Lipinski definition) is 3. The molecule has 2 aromatic rings. The minimum absolute atomic E-state index is 0.140. The van der Waals surface area contributed by atoms with Gasteiger partial charge in [-0.05, 0) is 42.8 Å². The summed E-state index contributed by atoms with van der Waals surface area (Å²) < 4.78 is 24.1. The molecule has 0 spiro atoms. The molecule has 0 radical (unpaired) electrons. The summed E-state index contributed by atoms with van der Waals surface area (Å²) in [7, 11) is 3.26. The second kappa shape index (κ2) is 6.91. The van der Waals surface area contributed by atoms with Gasteiger partial charge in [0.2, 0.25) is 0 Å². The van der Waals surface area contributed by atoms with Crippen molar-refractivity contribution in [2.45, 2.75) is 12.3 Å². The highest BCUT2D eigenvalue weighted by Gasteiger charge is 2.30. The minimum Gasteiger partial charge on any atom is -0.497 e. The minimum atomic E-state index is -0.397. The SMILES string of the molecule is COc1ccc(OC)c([C@H]2CCN(C(=O)c3cccc(F)c3)C2)c1. The van der Waals surface area contributed by atoms with E-state index in [1.54, 1.807) is 31.3 Å². The van der Waals surface area contributed by atoms with Gasteiger partial charge in [0.15, 0.2) is 0 Å². The molecule has 1 aliphatic rings. The van der Waals surface area contributed by atoms with Crippen molar-refractivity contribution >= 4 is 5.91 Å². The third-order valence-electron chi connectivity index (χ3n) is 4.42. The van der Waals surface area contributed by atoms with Crippen molar-refractivity contribution in [2.24, 2.45) is 0 Å². The molecule has 4 nitrogen and oxygen atoms in total. The molecule has 1 heterocycles. The maximum absolute atomic E-state index is 13.3. The molecule has 126 valence electrons. The van der Waals surface area contributed by atoms with Crippen LogP contribution in [-0.4, -0.2) is 38.1 Å². The number of ether oxygens (including phenoxy) is 2. The zero-order valence-electron chi connectivity index (χ0n) is 13.8. The summed E-state index contributed by atoms with van der Waals surface area (Å²) in [5, 5.41) is 0. The molecule has 2 aromatic carbocycles. The first-order valence-electron chi connectivity index (χ1n) is 7.89. The number of likely N-dealkylation sites (tertiary alicyclic amines) is 1. The molecule has 0 bridgehead atoms. The quantitative estimate of drug-likeness (QED) is 0.862. The van der Waals surface area contributed by atoms with Crippen molar-refractivity contribution in [3.8, 4) is 11.5 Å². The van der Waals surface area contributed by atoms with Gasteiger partial charge in [-0.25, -0.2) is 4.39 Å². The van der Waals surface area contributed by atoms with E-state index in [1.807, 2.05) is 18.2 Å². The molecule has 1 atom stereocenters. The third-order valence-corrected chi connectivity index (χ3v) is 4.42. The number of nitrogens with zero attached hydrogens (tertiary/aromatic N) is 1. The summed E-state index contributed by atoms with van der Waals surface area (Å²) in [6, 6.07) is 11.5. The van der Waals surface area contributed by atoms with E-state index in [0.717, 1.165) is 23.5 Å². The number of rotatable bonds is 4. The molecule has 0 aliphatic carbocycles.